The molecule has 1 aromatic rings. The molecule has 1 amide bonds. The third-order valence-corrected chi connectivity index (χ3v) is 6.50. The maximum atomic E-state index is 11.9. The number of likely N-dealkylation sites (tertiary alicyclic amines) is 1. The second kappa shape index (κ2) is 13.3. The fourth-order valence-electron chi connectivity index (χ4n) is 4.68. The van der Waals surface area contributed by atoms with Crippen LogP contribution in [-0.4, -0.2) is 50.1 Å². The molecule has 174 valence electrons. The van der Waals surface area contributed by atoms with E-state index in [0.29, 0.717) is 24.9 Å². The lowest BCUT2D eigenvalue weighted by Crippen LogP contribution is -2.43. The Balaban J connectivity index is 0.00000341. The van der Waals surface area contributed by atoms with E-state index >= 15 is 0 Å². The minimum atomic E-state index is 0. The van der Waals surface area contributed by atoms with Crippen LogP contribution in [0, 0.1) is 5.41 Å². The molecule has 7 heteroatoms. The molecule has 1 saturated heterocycles. The maximum Gasteiger partial charge on any atom is 0.222 e. The average molecular weight is 543 g/mol. The first kappa shape index (κ1) is 25.9. The number of ether oxygens (including phenoxy) is 1. The molecule has 0 unspecified atom stereocenters. The number of hydrogen-bond donors (Lipinski definition) is 2. The quantitative estimate of drug-likeness (QED) is 0.203. The Morgan fingerprint density at radius 2 is 1.97 bits per heavy atom. The van der Waals surface area contributed by atoms with Gasteiger partial charge < -0.3 is 20.3 Å². The van der Waals surface area contributed by atoms with Gasteiger partial charge in [-0.25, -0.2) is 0 Å². The molecule has 0 bridgehead atoms. The summed E-state index contributed by atoms with van der Waals surface area (Å²) >= 11 is 0. The summed E-state index contributed by atoms with van der Waals surface area (Å²) in [6, 6.07) is 8.48. The highest BCUT2D eigenvalue weighted by Crippen LogP contribution is 2.40. The number of nitrogens with one attached hydrogen (secondary N) is 2. The van der Waals surface area contributed by atoms with Gasteiger partial charge in [0.1, 0.15) is 0 Å². The van der Waals surface area contributed by atoms with E-state index in [1.807, 2.05) is 11.9 Å². The fraction of sp³-hybridized carbons (Fsp3) is 0.667. The summed E-state index contributed by atoms with van der Waals surface area (Å²) in [5.74, 6) is 1.12. The molecule has 0 radical (unpaired) electrons. The van der Waals surface area contributed by atoms with Gasteiger partial charge in [0.05, 0.1) is 0 Å². The van der Waals surface area contributed by atoms with Gasteiger partial charge in [-0.3, -0.25) is 9.79 Å². The monoisotopic (exact) mass is 542 g/mol. The van der Waals surface area contributed by atoms with Crippen LogP contribution in [0.3, 0.4) is 0 Å². The van der Waals surface area contributed by atoms with Crippen molar-refractivity contribution in [1.29, 1.82) is 0 Å². The number of carbonyl (C=O) groups excluding carboxylic acids is 1. The van der Waals surface area contributed by atoms with Crippen molar-refractivity contribution in [3.8, 4) is 0 Å². The second-order valence-corrected chi connectivity index (χ2v) is 8.67. The molecule has 1 heterocycles. The summed E-state index contributed by atoms with van der Waals surface area (Å²) < 4.78 is 5.63. The Morgan fingerprint density at radius 1 is 1.19 bits per heavy atom. The number of hydrogen-bond acceptors (Lipinski definition) is 3. The predicted octanol–water partition coefficient (Wildman–Crippen LogP) is 4.08. The fourth-order valence-corrected chi connectivity index (χ4v) is 4.68. The smallest absolute Gasteiger partial charge is 0.222 e. The first-order chi connectivity index (χ1) is 14.6. The van der Waals surface area contributed by atoms with Crippen LogP contribution < -0.4 is 10.6 Å². The Morgan fingerprint density at radius 3 is 2.65 bits per heavy atom. The van der Waals surface area contributed by atoms with E-state index in [4.69, 9.17) is 4.74 Å². The lowest BCUT2D eigenvalue weighted by Gasteiger charge is -2.30. The van der Waals surface area contributed by atoms with Crippen molar-refractivity contribution in [2.75, 3.05) is 33.4 Å². The third kappa shape index (κ3) is 7.93. The maximum absolute atomic E-state index is 11.9. The van der Waals surface area contributed by atoms with Crippen LogP contribution in [0.15, 0.2) is 29.3 Å². The number of benzene rings is 1. The Hall–Kier alpha value is -1.35. The molecule has 3 rings (SSSR count). The molecule has 0 aromatic heterocycles. The zero-order valence-corrected chi connectivity index (χ0v) is 21.5. The predicted molar refractivity (Wildman–Crippen MR) is 137 cm³/mol. The lowest BCUT2D eigenvalue weighted by molar-refractivity contribution is -0.128. The molecule has 1 aliphatic carbocycles. The number of carbonyl (C=O) groups is 1. The van der Waals surface area contributed by atoms with Gasteiger partial charge >= 0.3 is 0 Å². The van der Waals surface area contributed by atoms with Gasteiger partial charge in [-0.05, 0) is 49.1 Å². The normalized spacial score (nSPS) is 18.2. The molecule has 1 aromatic carbocycles. The molecule has 6 nitrogen and oxygen atoms in total. The second-order valence-electron chi connectivity index (χ2n) is 8.67. The van der Waals surface area contributed by atoms with Crippen molar-refractivity contribution < 1.29 is 9.53 Å². The van der Waals surface area contributed by atoms with Gasteiger partial charge in [0.15, 0.2) is 5.96 Å². The third-order valence-electron chi connectivity index (χ3n) is 6.50. The Kier molecular flexibility index (Phi) is 11.1. The van der Waals surface area contributed by atoms with Crippen LogP contribution in [0.4, 0.5) is 0 Å². The van der Waals surface area contributed by atoms with Gasteiger partial charge in [0, 0.05) is 52.9 Å². The van der Waals surface area contributed by atoms with E-state index in [-0.39, 0.29) is 29.9 Å². The molecule has 2 aliphatic rings. The van der Waals surface area contributed by atoms with Gasteiger partial charge in [-0.2, -0.15) is 0 Å². The minimum Gasteiger partial charge on any atom is -0.382 e. The largest absolute Gasteiger partial charge is 0.382 e. The van der Waals surface area contributed by atoms with E-state index in [9.17, 15) is 4.79 Å². The lowest BCUT2D eigenvalue weighted by atomic mass is 9.83. The summed E-state index contributed by atoms with van der Waals surface area (Å²) in [6.45, 7) is 6.94. The van der Waals surface area contributed by atoms with Crippen molar-refractivity contribution in [1.82, 2.24) is 15.5 Å². The van der Waals surface area contributed by atoms with E-state index in [0.717, 1.165) is 45.1 Å². The van der Waals surface area contributed by atoms with Crippen molar-refractivity contribution >= 4 is 35.8 Å². The highest BCUT2D eigenvalue weighted by Gasteiger charge is 2.33. The molecular formula is C24H39IN4O2. The standard InChI is InChI=1S/C24H38N4O2.HI/c1-3-30-15-13-24(11-4-5-12-24)19-27-23(25-2)26-17-20-8-6-9-21(16-20)18-28-14-7-10-22(28)29;/h6,8-9,16H,3-5,7,10-15,17-19H2,1-2H3,(H2,25,26,27);1H. The molecule has 31 heavy (non-hydrogen) atoms. The number of halogens is 1. The van der Waals surface area contributed by atoms with Gasteiger partial charge in [0.25, 0.3) is 0 Å². The summed E-state index contributed by atoms with van der Waals surface area (Å²) in [5, 5.41) is 7.01. The number of guanidine groups is 1. The first-order valence-electron chi connectivity index (χ1n) is 11.5. The Bertz CT molecular complexity index is 719. The highest BCUT2D eigenvalue weighted by molar-refractivity contribution is 14.0. The number of aliphatic imine (C=N–C) groups is 1. The van der Waals surface area contributed by atoms with Crippen LogP contribution >= 0.6 is 24.0 Å². The average Bonchev–Trinajstić information content (AvgIpc) is 3.38. The summed E-state index contributed by atoms with van der Waals surface area (Å²) in [7, 11) is 1.83. The molecule has 2 N–H and O–H groups in total. The van der Waals surface area contributed by atoms with Crippen LogP contribution in [0.2, 0.25) is 0 Å². The van der Waals surface area contributed by atoms with E-state index < -0.39 is 0 Å². The van der Waals surface area contributed by atoms with Crippen molar-refractivity contribution in [2.24, 2.45) is 10.4 Å². The van der Waals surface area contributed by atoms with Crippen LogP contribution in [0.5, 0.6) is 0 Å². The van der Waals surface area contributed by atoms with Crippen molar-refractivity contribution in [3.05, 3.63) is 35.4 Å². The van der Waals surface area contributed by atoms with Crippen molar-refractivity contribution in [3.63, 3.8) is 0 Å². The number of nitrogens with zero attached hydrogens (tertiary/aromatic N) is 2. The molecule has 0 spiro atoms. The van der Waals surface area contributed by atoms with Gasteiger partial charge in [0.2, 0.25) is 5.91 Å². The van der Waals surface area contributed by atoms with E-state index in [1.54, 1.807) is 0 Å². The van der Waals surface area contributed by atoms with Gasteiger partial charge in [-0.15, -0.1) is 24.0 Å². The minimum absolute atomic E-state index is 0. The molecule has 0 atom stereocenters. The van der Waals surface area contributed by atoms with Crippen molar-refractivity contribution in [2.45, 2.75) is 65.0 Å². The molecule has 1 saturated carbocycles. The topological polar surface area (TPSA) is 66.0 Å². The summed E-state index contributed by atoms with van der Waals surface area (Å²) in [5.41, 5.74) is 2.72. The highest BCUT2D eigenvalue weighted by atomic mass is 127. The zero-order chi connectivity index (χ0) is 21.2. The Labute approximate surface area is 204 Å². The van der Waals surface area contributed by atoms with Crippen LogP contribution in [0.25, 0.3) is 0 Å². The van der Waals surface area contributed by atoms with E-state index in [2.05, 4.69) is 46.8 Å². The van der Waals surface area contributed by atoms with E-state index in [1.165, 1.54) is 36.8 Å². The zero-order valence-electron chi connectivity index (χ0n) is 19.1. The van der Waals surface area contributed by atoms with Crippen LogP contribution in [-0.2, 0) is 22.6 Å². The van der Waals surface area contributed by atoms with Gasteiger partial charge in [-0.1, -0.05) is 37.1 Å². The first-order valence-corrected chi connectivity index (χ1v) is 11.5. The number of amides is 1. The summed E-state index contributed by atoms with van der Waals surface area (Å²) in [6.07, 6.45) is 7.94. The molecular weight excluding hydrogens is 503 g/mol. The molecule has 2 fully saturated rings. The summed E-state index contributed by atoms with van der Waals surface area (Å²) in [4.78, 5) is 18.3. The number of rotatable bonds is 10. The van der Waals surface area contributed by atoms with Crippen LogP contribution in [0.1, 0.15) is 63.0 Å². The SMILES string of the molecule is CCOCCC1(CNC(=NC)NCc2cccc(CN3CCCC3=O)c2)CCCC1.I. The molecule has 1 aliphatic heterocycles.